The molecule has 1 atom stereocenters. The number of nitrogens with zero attached hydrogens (tertiary/aromatic N) is 3. The predicted octanol–water partition coefficient (Wildman–Crippen LogP) is 6.34. The van der Waals surface area contributed by atoms with E-state index in [9.17, 15) is 33.2 Å². The Balaban J connectivity index is 1.38. The van der Waals surface area contributed by atoms with Crippen LogP contribution in [0.3, 0.4) is 0 Å². The molecule has 48 heavy (non-hydrogen) atoms. The van der Waals surface area contributed by atoms with Crippen molar-refractivity contribution in [3.63, 3.8) is 0 Å². The Morgan fingerprint density at radius 3 is 2.21 bits per heavy atom. The van der Waals surface area contributed by atoms with Gasteiger partial charge in [0.05, 0.1) is 24.7 Å². The number of aryl methyl sites for hydroxylation is 1. The van der Waals surface area contributed by atoms with Gasteiger partial charge in [-0.2, -0.15) is 13.2 Å². The molecule has 1 aliphatic rings. The third-order valence-corrected chi connectivity index (χ3v) is 9.13. The molecule has 1 aliphatic heterocycles. The molecule has 1 saturated heterocycles. The van der Waals surface area contributed by atoms with E-state index in [1.54, 1.807) is 29.2 Å². The molecule has 0 aliphatic carbocycles. The van der Waals surface area contributed by atoms with Crippen molar-refractivity contribution in [3.8, 4) is 11.5 Å². The summed E-state index contributed by atoms with van der Waals surface area (Å²) < 4.78 is 57.5. The molecule has 1 fully saturated rings. The maximum atomic E-state index is 14.9. The number of benzene rings is 3. The molecule has 2 heterocycles. The molecule has 0 amide bonds. The van der Waals surface area contributed by atoms with E-state index in [1.165, 1.54) is 37.1 Å². The van der Waals surface area contributed by atoms with E-state index in [4.69, 9.17) is 14.6 Å². The number of hydrogen-bond donors (Lipinski definition) is 2. The first-order chi connectivity index (χ1) is 22.8. The number of rotatable bonds is 13. The highest BCUT2D eigenvalue weighted by Crippen LogP contribution is 2.45. The fourth-order valence-electron chi connectivity index (χ4n) is 6.56. The number of β-amino-alcohol motifs (C(OH)–C–C–N with tert-alkyl or cyclic N) is 1. The van der Waals surface area contributed by atoms with E-state index >= 15 is 0 Å². The Labute approximate surface area is 275 Å². The highest BCUT2D eigenvalue weighted by molar-refractivity contribution is 5.87. The molecular weight excluding hydrogens is 631 g/mol. The van der Waals surface area contributed by atoms with Crippen LogP contribution in [0, 0.1) is 16.0 Å². The summed E-state index contributed by atoms with van der Waals surface area (Å²) in [6.45, 7) is 0.0674. The first kappa shape index (κ1) is 34.7. The van der Waals surface area contributed by atoms with Crippen LogP contribution in [0.4, 0.5) is 18.9 Å². The van der Waals surface area contributed by atoms with E-state index in [-0.39, 0.29) is 41.0 Å². The summed E-state index contributed by atoms with van der Waals surface area (Å²) in [5.41, 5.74) is -1.28. The summed E-state index contributed by atoms with van der Waals surface area (Å²) in [4.78, 5) is 23.6. The summed E-state index contributed by atoms with van der Waals surface area (Å²) in [6.07, 6.45) is -1.84. The van der Waals surface area contributed by atoms with Crippen LogP contribution in [0.25, 0.3) is 10.9 Å². The minimum absolute atomic E-state index is 0.0398. The number of carboxylic acids is 1. The molecule has 0 radical (unpaired) electrons. The van der Waals surface area contributed by atoms with Gasteiger partial charge >= 0.3 is 12.1 Å². The van der Waals surface area contributed by atoms with Gasteiger partial charge in [-0.1, -0.05) is 30.3 Å². The van der Waals surface area contributed by atoms with Gasteiger partial charge in [-0.05, 0) is 74.0 Å². The lowest BCUT2D eigenvalue weighted by Crippen LogP contribution is -2.52. The van der Waals surface area contributed by atoms with E-state index < -0.39 is 29.2 Å². The summed E-state index contributed by atoms with van der Waals surface area (Å²) in [5, 5.41) is 32.3. The number of methoxy groups -OCH3 is 2. The SMILES string of the molecule is COc1cc(CCC(=O)O)cc(OC)c1CC1CCN(CC(O)(c2cn(Cc3ccccc3)c3cc([N+](=O)[O-])ccc23)C(F)(F)F)CC1. The third kappa shape index (κ3) is 7.42. The first-order valence-electron chi connectivity index (χ1n) is 15.6. The normalized spacial score (nSPS) is 15.7. The number of likely N-dealkylation sites (tertiary alicyclic amines) is 1. The fourth-order valence-corrected chi connectivity index (χ4v) is 6.56. The number of ether oxygens (including phenoxy) is 2. The number of non-ortho nitro benzene ring substituents is 1. The number of aliphatic carboxylic acids is 1. The monoisotopic (exact) mass is 669 g/mol. The molecule has 4 aromatic rings. The van der Waals surface area contributed by atoms with Crippen molar-refractivity contribution in [2.75, 3.05) is 33.9 Å². The maximum absolute atomic E-state index is 14.9. The lowest BCUT2D eigenvalue weighted by molar-refractivity contribution is -0.384. The fraction of sp³-hybridized carbons (Fsp3) is 0.400. The van der Waals surface area contributed by atoms with Crippen molar-refractivity contribution in [1.82, 2.24) is 9.47 Å². The predicted molar refractivity (Wildman–Crippen MR) is 172 cm³/mol. The number of piperidine rings is 1. The van der Waals surface area contributed by atoms with Gasteiger partial charge < -0.3 is 24.3 Å². The van der Waals surface area contributed by atoms with Gasteiger partial charge in [0.15, 0.2) is 0 Å². The molecule has 256 valence electrons. The topological polar surface area (TPSA) is 127 Å². The summed E-state index contributed by atoms with van der Waals surface area (Å²) in [6, 6.07) is 16.3. The largest absolute Gasteiger partial charge is 0.496 e. The average Bonchev–Trinajstić information content (AvgIpc) is 3.42. The number of aromatic nitrogens is 1. The van der Waals surface area contributed by atoms with Crippen LogP contribution in [0.15, 0.2) is 66.9 Å². The highest BCUT2D eigenvalue weighted by atomic mass is 19.4. The summed E-state index contributed by atoms with van der Waals surface area (Å²) >= 11 is 0. The molecule has 10 nitrogen and oxygen atoms in total. The zero-order chi connectivity index (χ0) is 34.6. The highest BCUT2D eigenvalue weighted by Gasteiger charge is 2.57. The Morgan fingerprint density at radius 1 is 1.00 bits per heavy atom. The standard InChI is InChI=1S/C35H38F3N3O7/c1-47-31-17-25(8-11-33(42)43)18-32(48-2)28(31)16-23-12-14-39(15-13-23)22-34(44,35(36,37)38)29-21-40(20-24-6-4-3-5-7-24)30-19-26(41(45)46)9-10-27(29)30/h3-7,9-10,17-19,21,23,44H,8,11-16,20,22H2,1-2H3,(H,42,43). The Bertz CT molecular complexity index is 1740. The van der Waals surface area contributed by atoms with E-state index in [1.807, 2.05) is 18.2 Å². The lowest BCUT2D eigenvalue weighted by atomic mass is 9.87. The first-order valence-corrected chi connectivity index (χ1v) is 15.6. The van der Waals surface area contributed by atoms with Gasteiger partial charge in [-0.3, -0.25) is 19.8 Å². The zero-order valence-electron chi connectivity index (χ0n) is 26.7. The molecule has 0 bridgehead atoms. The van der Waals surface area contributed by atoms with Crippen LogP contribution in [-0.4, -0.2) is 70.6 Å². The minimum atomic E-state index is -5.04. The van der Waals surface area contributed by atoms with Gasteiger partial charge in [0.25, 0.3) is 5.69 Å². The number of alkyl halides is 3. The number of halogens is 3. The number of aliphatic hydroxyl groups is 1. The average molecular weight is 670 g/mol. The molecule has 1 unspecified atom stereocenters. The van der Waals surface area contributed by atoms with Gasteiger partial charge in [0, 0.05) is 54.4 Å². The second kappa shape index (κ2) is 14.2. The number of nitro benzene ring substituents is 1. The molecular formula is C35H38F3N3O7. The number of carboxylic acid groups (broad SMARTS) is 1. The Kier molecular flexibility index (Phi) is 10.3. The van der Waals surface area contributed by atoms with Gasteiger partial charge in [0.1, 0.15) is 11.5 Å². The third-order valence-electron chi connectivity index (χ3n) is 9.13. The van der Waals surface area contributed by atoms with Crippen LogP contribution in [0.1, 0.15) is 41.5 Å². The molecule has 13 heteroatoms. The molecule has 0 saturated carbocycles. The van der Waals surface area contributed by atoms with Crippen molar-refractivity contribution < 1.29 is 42.6 Å². The maximum Gasteiger partial charge on any atom is 0.422 e. The molecule has 0 spiro atoms. The van der Waals surface area contributed by atoms with Crippen LogP contribution >= 0.6 is 0 Å². The van der Waals surface area contributed by atoms with Gasteiger partial charge in [0.2, 0.25) is 5.60 Å². The Morgan fingerprint density at radius 2 is 1.65 bits per heavy atom. The van der Waals surface area contributed by atoms with Crippen LogP contribution in [0.2, 0.25) is 0 Å². The van der Waals surface area contributed by atoms with E-state index in [0.29, 0.717) is 50.3 Å². The Hall–Kier alpha value is -4.62. The van der Waals surface area contributed by atoms with Crippen molar-refractivity contribution >= 4 is 22.6 Å². The molecule has 1 aromatic heterocycles. The summed E-state index contributed by atoms with van der Waals surface area (Å²) in [7, 11) is 3.05. The summed E-state index contributed by atoms with van der Waals surface area (Å²) in [5.74, 6) is 0.316. The molecule has 2 N–H and O–H groups in total. The minimum Gasteiger partial charge on any atom is -0.496 e. The van der Waals surface area contributed by atoms with Crippen molar-refractivity contribution in [2.45, 2.75) is 50.4 Å². The quantitative estimate of drug-likeness (QED) is 0.125. The van der Waals surface area contributed by atoms with E-state index in [0.717, 1.165) is 22.8 Å². The van der Waals surface area contributed by atoms with Crippen LogP contribution in [-0.2, 0) is 29.8 Å². The van der Waals surface area contributed by atoms with Crippen molar-refractivity contribution in [3.05, 3.63) is 99.2 Å². The second-order valence-electron chi connectivity index (χ2n) is 12.3. The number of fused-ring (bicyclic) bond motifs is 1. The molecule has 5 rings (SSSR count). The number of hydrogen-bond acceptors (Lipinski definition) is 7. The lowest BCUT2D eigenvalue weighted by Gasteiger charge is -2.39. The van der Waals surface area contributed by atoms with Crippen LogP contribution in [0.5, 0.6) is 11.5 Å². The zero-order valence-corrected chi connectivity index (χ0v) is 26.7. The molecule has 3 aromatic carbocycles. The number of carbonyl (C=O) groups is 1. The smallest absolute Gasteiger partial charge is 0.422 e. The van der Waals surface area contributed by atoms with Crippen molar-refractivity contribution in [1.29, 1.82) is 0 Å². The van der Waals surface area contributed by atoms with Gasteiger partial charge in [-0.15, -0.1) is 0 Å². The number of nitro groups is 1. The van der Waals surface area contributed by atoms with E-state index in [2.05, 4.69) is 0 Å². The second-order valence-corrected chi connectivity index (χ2v) is 12.3. The van der Waals surface area contributed by atoms with Crippen LogP contribution < -0.4 is 9.47 Å². The van der Waals surface area contributed by atoms with Gasteiger partial charge in [-0.25, -0.2) is 0 Å². The van der Waals surface area contributed by atoms with Crippen molar-refractivity contribution in [2.24, 2.45) is 5.92 Å².